The summed E-state index contributed by atoms with van der Waals surface area (Å²) in [4.78, 5) is 38.0. The Morgan fingerprint density at radius 2 is 1.70 bits per heavy atom. The van der Waals surface area contributed by atoms with E-state index in [2.05, 4.69) is 12.2 Å². The standard InChI is InChI=1S/C18H17NO4/c1-10(20)23-14-4-2-3-13(9-14)19-17(21)15-11-5-6-12(8-7-11)16(15)18(19)22/h2-6,9,11-12,15-16H,7-8H2,1H3/t11-,12-,15-,16+/m0/s1. The minimum atomic E-state index is -0.433. The average molecular weight is 311 g/mol. The molecule has 1 heterocycles. The van der Waals surface area contributed by atoms with Crippen LogP contribution < -0.4 is 9.64 Å². The molecule has 2 fully saturated rings. The minimum absolute atomic E-state index is 0.126. The van der Waals surface area contributed by atoms with Crippen molar-refractivity contribution < 1.29 is 19.1 Å². The van der Waals surface area contributed by atoms with Crippen molar-refractivity contribution in [3.8, 4) is 5.75 Å². The molecule has 0 N–H and O–H groups in total. The first-order valence-corrected chi connectivity index (χ1v) is 7.91. The van der Waals surface area contributed by atoms with Gasteiger partial charge in [-0.05, 0) is 36.8 Å². The van der Waals surface area contributed by atoms with Gasteiger partial charge in [0.15, 0.2) is 0 Å². The normalized spacial score (nSPS) is 31.4. The Bertz CT molecular complexity index is 706. The van der Waals surface area contributed by atoms with Crippen LogP contribution in [0.2, 0.25) is 0 Å². The Morgan fingerprint density at radius 3 is 2.22 bits per heavy atom. The lowest BCUT2D eigenvalue weighted by molar-refractivity contribution is -0.132. The van der Waals surface area contributed by atoms with Gasteiger partial charge in [0.1, 0.15) is 5.75 Å². The molecule has 2 amide bonds. The van der Waals surface area contributed by atoms with E-state index in [0.29, 0.717) is 11.4 Å². The molecule has 23 heavy (non-hydrogen) atoms. The van der Waals surface area contributed by atoms with Gasteiger partial charge >= 0.3 is 5.97 Å². The summed E-state index contributed by atoms with van der Waals surface area (Å²) in [7, 11) is 0. The monoisotopic (exact) mass is 311 g/mol. The SMILES string of the molecule is CC(=O)Oc1cccc(N2C(=O)[C@@H]3[C@H](C2=O)[C@H]2C=C[C@H]3CC2)c1. The summed E-state index contributed by atoms with van der Waals surface area (Å²) in [5.41, 5.74) is 0.479. The zero-order chi connectivity index (χ0) is 16.1. The Hall–Kier alpha value is -2.43. The lowest BCUT2D eigenvalue weighted by Gasteiger charge is -2.38. The third kappa shape index (κ3) is 2.11. The molecule has 4 aliphatic rings. The quantitative estimate of drug-likeness (QED) is 0.364. The van der Waals surface area contributed by atoms with E-state index in [1.54, 1.807) is 24.3 Å². The maximum atomic E-state index is 12.8. The van der Waals surface area contributed by atoms with Crippen LogP contribution in [0.4, 0.5) is 5.69 Å². The number of allylic oxidation sites excluding steroid dienone is 2. The second-order valence-corrected chi connectivity index (χ2v) is 6.44. The minimum Gasteiger partial charge on any atom is -0.427 e. The first kappa shape index (κ1) is 14.2. The molecular weight excluding hydrogens is 294 g/mol. The molecule has 1 saturated heterocycles. The molecule has 1 saturated carbocycles. The number of hydrogen-bond donors (Lipinski definition) is 0. The number of ether oxygens (including phenoxy) is 1. The van der Waals surface area contributed by atoms with Crippen molar-refractivity contribution in [2.24, 2.45) is 23.7 Å². The summed E-state index contributed by atoms with van der Waals surface area (Å²) < 4.78 is 5.06. The molecule has 5 rings (SSSR count). The van der Waals surface area contributed by atoms with Crippen LogP contribution in [0.15, 0.2) is 36.4 Å². The van der Waals surface area contributed by atoms with Gasteiger partial charge in [0.05, 0.1) is 17.5 Å². The van der Waals surface area contributed by atoms with Gasteiger partial charge in [0.2, 0.25) is 11.8 Å². The lowest BCUT2D eigenvalue weighted by atomic mass is 9.63. The van der Waals surface area contributed by atoms with Gasteiger partial charge in [-0.15, -0.1) is 0 Å². The number of imide groups is 1. The number of anilines is 1. The largest absolute Gasteiger partial charge is 0.427 e. The van der Waals surface area contributed by atoms with Crippen LogP contribution in [0, 0.1) is 23.7 Å². The van der Waals surface area contributed by atoms with E-state index >= 15 is 0 Å². The molecule has 0 spiro atoms. The predicted octanol–water partition coefficient (Wildman–Crippen LogP) is 2.31. The van der Waals surface area contributed by atoms with E-state index in [1.165, 1.54) is 11.8 Å². The summed E-state index contributed by atoms with van der Waals surface area (Å²) in [6.07, 6.45) is 6.14. The molecular formula is C18H17NO4. The van der Waals surface area contributed by atoms with Crippen LogP contribution in [-0.4, -0.2) is 17.8 Å². The van der Waals surface area contributed by atoms with E-state index in [4.69, 9.17) is 4.74 Å². The number of esters is 1. The summed E-state index contributed by atoms with van der Waals surface area (Å²) in [5, 5.41) is 0. The van der Waals surface area contributed by atoms with Crippen LogP contribution in [0.3, 0.4) is 0 Å². The first-order valence-electron chi connectivity index (χ1n) is 7.91. The second-order valence-electron chi connectivity index (χ2n) is 6.44. The summed E-state index contributed by atoms with van der Waals surface area (Å²) in [5.74, 6) is -0.472. The van der Waals surface area contributed by atoms with Crippen molar-refractivity contribution in [1.29, 1.82) is 0 Å². The van der Waals surface area contributed by atoms with Crippen molar-refractivity contribution >= 4 is 23.5 Å². The maximum absolute atomic E-state index is 12.8. The molecule has 3 aliphatic carbocycles. The smallest absolute Gasteiger partial charge is 0.308 e. The molecule has 5 nitrogen and oxygen atoms in total. The highest BCUT2D eigenvalue weighted by atomic mass is 16.5. The van der Waals surface area contributed by atoms with Gasteiger partial charge in [-0.1, -0.05) is 18.2 Å². The number of rotatable bonds is 2. The van der Waals surface area contributed by atoms with Crippen LogP contribution in [-0.2, 0) is 14.4 Å². The number of carbonyl (C=O) groups is 3. The zero-order valence-corrected chi connectivity index (χ0v) is 12.8. The van der Waals surface area contributed by atoms with Gasteiger partial charge in [-0.25, -0.2) is 4.90 Å². The molecule has 0 aromatic heterocycles. The highest BCUT2D eigenvalue weighted by molar-refractivity contribution is 6.22. The zero-order valence-electron chi connectivity index (χ0n) is 12.8. The number of nitrogens with zero attached hydrogens (tertiary/aromatic N) is 1. The van der Waals surface area contributed by atoms with E-state index in [0.717, 1.165) is 12.8 Å². The molecule has 0 radical (unpaired) electrons. The van der Waals surface area contributed by atoms with Gasteiger partial charge in [-0.2, -0.15) is 0 Å². The van der Waals surface area contributed by atoms with Gasteiger partial charge in [-0.3, -0.25) is 14.4 Å². The van der Waals surface area contributed by atoms with Gasteiger partial charge in [0.25, 0.3) is 0 Å². The molecule has 1 aromatic carbocycles. The Kier molecular flexibility index (Phi) is 3.11. The van der Waals surface area contributed by atoms with Crippen molar-refractivity contribution in [3.63, 3.8) is 0 Å². The third-order valence-electron chi connectivity index (χ3n) is 5.10. The predicted molar refractivity (Wildman–Crippen MR) is 82.6 cm³/mol. The topological polar surface area (TPSA) is 63.7 Å². The Balaban J connectivity index is 1.69. The molecule has 1 aromatic rings. The van der Waals surface area contributed by atoms with Crippen LogP contribution in [0.25, 0.3) is 0 Å². The highest BCUT2D eigenvalue weighted by Gasteiger charge is 2.56. The fraction of sp³-hybridized carbons (Fsp3) is 0.389. The van der Waals surface area contributed by atoms with Crippen molar-refractivity contribution in [2.45, 2.75) is 19.8 Å². The van der Waals surface area contributed by atoms with Crippen LogP contribution in [0.5, 0.6) is 5.75 Å². The fourth-order valence-electron chi connectivity index (χ4n) is 4.18. The average Bonchev–Trinajstić information content (AvgIpc) is 2.82. The second kappa shape index (κ2) is 5.05. The van der Waals surface area contributed by atoms with E-state index in [9.17, 15) is 14.4 Å². The molecule has 0 unspecified atom stereocenters. The summed E-state index contributed by atoms with van der Waals surface area (Å²) >= 11 is 0. The van der Waals surface area contributed by atoms with Crippen molar-refractivity contribution in [1.82, 2.24) is 0 Å². The third-order valence-corrected chi connectivity index (χ3v) is 5.10. The number of benzene rings is 1. The Morgan fingerprint density at radius 1 is 1.09 bits per heavy atom. The number of fused-ring (bicyclic) bond motifs is 1. The van der Waals surface area contributed by atoms with Crippen molar-refractivity contribution in [3.05, 3.63) is 36.4 Å². The number of hydrogen-bond acceptors (Lipinski definition) is 4. The van der Waals surface area contributed by atoms with Gasteiger partial charge < -0.3 is 4.74 Å². The number of carbonyl (C=O) groups excluding carboxylic acids is 3. The van der Waals surface area contributed by atoms with E-state index in [-0.39, 0.29) is 35.5 Å². The lowest BCUT2D eigenvalue weighted by Crippen LogP contribution is -2.38. The van der Waals surface area contributed by atoms with E-state index in [1.807, 2.05) is 0 Å². The summed E-state index contributed by atoms with van der Waals surface area (Å²) in [6.45, 7) is 1.32. The van der Waals surface area contributed by atoms with Gasteiger partial charge in [0, 0.05) is 13.0 Å². The number of amides is 2. The maximum Gasteiger partial charge on any atom is 0.308 e. The highest BCUT2D eigenvalue weighted by Crippen LogP contribution is 2.50. The first-order chi connectivity index (χ1) is 11.1. The van der Waals surface area contributed by atoms with Crippen molar-refractivity contribution in [2.75, 3.05) is 4.90 Å². The van der Waals surface area contributed by atoms with E-state index < -0.39 is 5.97 Å². The molecule has 5 heteroatoms. The molecule has 118 valence electrons. The Labute approximate surface area is 133 Å². The fourth-order valence-corrected chi connectivity index (χ4v) is 4.18. The van der Waals surface area contributed by atoms with Crippen LogP contribution >= 0.6 is 0 Å². The summed E-state index contributed by atoms with van der Waals surface area (Å²) in [6, 6.07) is 6.59. The molecule has 2 bridgehead atoms. The molecule has 4 atom stereocenters. The van der Waals surface area contributed by atoms with Crippen LogP contribution in [0.1, 0.15) is 19.8 Å². The molecule has 1 aliphatic heterocycles.